The van der Waals surface area contributed by atoms with Crippen LogP contribution in [-0.2, 0) is 4.74 Å². The molecule has 1 aliphatic heterocycles. The predicted octanol–water partition coefficient (Wildman–Crippen LogP) is 2.29. The van der Waals surface area contributed by atoms with Crippen molar-refractivity contribution < 1.29 is 9.84 Å². The van der Waals surface area contributed by atoms with E-state index in [4.69, 9.17) is 4.74 Å². The largest absolute Gasteiger partial charge is 0.396 e. The van der Waals surface area contributed by atoms with Crippen LogP contribution in [-0.4, -0.2) is 49.5 Å². The standard InChI is InChI=1S/C15H29NO2/c1-2-8-16(9-14-6-4-3-5-7-14)10-15(11-17)12-18-13-15/h14,17H,2-13H2,1H3. The van der Waals surface area contributed by atoms with Gasteiger partial charge in [0.05, 0.1) is 25.2 Å². The molecule has 18 heavy (non-hydrogen) atoms. The van der Waals surface area contributed by atoms with Gasteiger partial charge >= 0.3 is 0 Å². The van der Waals surface area contributed by atoms with E-state index >= 15 is 0 Å². The molecule has 2 fully saturated rings. The number of hydrogen-bond donors (Lipinski definition) is 1. The topological polar surface area (TPSA) is 32.7 Å². The van der Waals surface area contributed by atoms with E-state index in [2.05, 4.69) is 11.8 Å². The fraction of sp³-hybridized carbons (Fsp3) is 1.00. The van der Waals surface area contributed by atoms with Crippen LogP contribution >= 0.6 is 0 Å². The fourth-order valence-electron chi connectivity index (χ4n) is 3.38. The number of aliphatic hydroxyl groups is 1. The van der Waals surface area contributed by atoms with Gasteiger partial charge in [0.2, 0.25) is 0 Å². The maximum absolute atomic E-state index is 9.55. The molecule has 2 rings (SSSR count). The molecule has 0 amide bonds. The van der Waals surface area contributed by atoms with E-state index < -0.39 is 0 Å². The van der Waals surface area contributed by atoms with Crippen molar-refractivity contribution in [2.45, 2.75) is 45.4 Å². The highest BCUT2D eigenvalue weighted by Gasteiger charge is 2.39. The van der Waals surface area contributed by atoms with Crippen molar-refractivity contribution in [3.63, 3.8) is 0 Å². The van der Waals surface area contributed by atoms with Crippen LogP contribution < -0.4 is 0 Å². The van der Waals surface area contributed by atoms with Gasteiger partial charge in [-0.2, -0.15) is 0 Å². The highest BCUT2D eigenvalue weighted by atomic mass is 16.5. The smallest absolute Gasteiger partial charge is 0.0579 e. The molecule has 1 saturated carbocycles. The summed E-state index contributed by atoms with van der Waals surface area (Å²) < 4.78 is 5.31. The zero-order chi connectivity index (χ0) is 12.8. The molecule has 0 aromatic heterocycles. The van der Waals surface area contributed by atoms with Gasteiger partial charge in [-0.1, -0.05) is 26.2 Å². The van der Waals surface area contributed by atoms with Gasteiger partial charge in [0.15, 0.2) is 0 Å². The van der Waals surface area contributed by atoms with Crippen molar-refractivity contribution >= 4 is 0 Å². The summed E-state index contributed by atoms with van der Waals surface area (Å²) in [6, 6.07) is 0. The third-order valence-electron chi connectivity index (χ3n) is 4.49. The van der Waals surface area contributed by atoms with Crippen molar-refractivity contribution in [3.05, 3.63) is 0 Å². The summed E-state index contributed by atoms with van der Waals surface area (Å²) >= 11 is 0. The van der Waals surface area contributed by atoms with E-state index in [1.165, 1.54) is 45.1 Å². The quantitative estimate of drug-likeness (QED) is 0.757. The van der Waals surface area contributed by atoms with Crippen LogP contribution in [0.5, 0.6) is 0 Å². The molecule has 106 valence electrons. The Morgan fingerprint density at radius 3 is 2.44 bits per heavy atom. The molecule has 1 aliphatic carbocycles. The summed E-state index contributed by atoms with van der Waals surface area (Å²) in [6.07, 6.45) is 8.28. The summed E-state index contributed by atoms with van der Waals surface area (Å²) in [7, 11) is 0. The Bertz CT molecular complexity index is 229. The van der Waals surface area contributed by atoms with E-state index in [-0.39, 0.29) is 12.0 Å². The van der Waals surface area contributed by atoms with Crippen molar-refractivity contribution in [2.24, 2.45) is 11.3 Å². The summed E-state index contributed by atoms with van der Waals surface area (Å²) in [5.41, 5.74) is 0.0455. The maximum Gasteiger partial charge on any atom is 0.0579 e. The predicted molar refractivity (Wildman–Crippen MR) is 73.6 cm³/mol. The van der Waals surface area contributed by atoms with Gasteiger partial charge in [-0.3, -0.25) is 0 Å². The molecule has 1 N–H and O–H groups in total. The number of rotatable bonds is 7. The Kier molecular flexibility index (Phi) is 5.46. The van der Waals surface area contributed by atoms with Crippen LogP contribution in [0.1, 0.15) is 45.4 Å². The Hall–Kier alpha value is -0.120. The lowest BCUT2D eigenvalue weighted by atomic mass is 9.84. The summed E-state index contributed by atoms with van der Waals surface area (Å²) in [5, 5.41) is 9.55. The van der Waals surface area contributed by atoms with Gasteiger partial charge in [-0.05, 0) is 31.7 Å². The summed E-state index contributed by atoms with van der Waals surface area (Å²) in [6.45, 7) is 7.43. The molecular weight excluding hydrogens is 226 g/mol. The Balaban J connectivity index is 1.82. The first kappa shape index (κ1) is 14.3. The number of nitrogens with zero attached hydrogens (tertiary/aromatic N) is 1. The summed E-state index contributed by atoms with van der Waals surface area (Å²) in [5.74, 6) is 0.891. The molecule has 0 spiro atoms. The van der Waals surface area contributed by atoms with Crippen LogP contribution in [0.2, 0.25) is 0 Å². The molecule has 1 heterocycles. The van der Waals surface area contributed by atoms with Crippen LogP contribution in [0, 0.1) is 11.3 Å². The molecule has 2 aliphatic rings. The third-order valence-corrected chi connectivity index (χ3v) is 4.49. The second kappa shape index (κ2) is 6.88. The van der Waals surface area contributed by atoms with E-state index in [1.54, 1.807) is 0 Å². The number of hydrogen-bond acceptors (Lipinski definition) is 3. The first-order valence-corrected chi connectivity index (χ1v) is 7.69. The monoisotopic (exact) mass is 255 g/mol. The lowest BCUT2D eigenvalue weighted by Gasteiger charge is -2.44. The minimum absolute atomic E-state index is 0.0455. The normalized spacial score (nSPS) is 24.2. The van der Waals surface area contributed by atoms with Gasteiger partial charge in [-0.15, -0.1) is 0 Å². The zero-order valence-corrected chi connectivity index (χ0v) is 11.9. The van der Waals surface area contributed by atoms with Crippen molar-refractivity contribution in [3.8, 4) is 0 Å². The van der Waals surface area contributed by atoms with Gasteiger partial charge in [0.1, 0.15) is 0 Å². The Morgan fingerprint density at radius 1 is 1.22 bits per heavy atom. The highest BCUT2D eigenvalue weighted by Crippen LogP contribution is 2.30. The van der Waals surface area contributed by atoms with Crippen molar-refractivity contribution in [1.82, 2.24) is 4.90 Å². The molecule has 0 atom stereocenters. The van der Waals surface area contributed by atoms with Gasteiger partial charge in [0.25, 0.3) is 0 Å². The zero-order valence-electron chi connectivity index (χ0n) is 11.9. The molecule has 3 heteroatoms. The van der Waals surface area contributed by atoms with Crippen molar-refractivity contribution in [2.75, 3.05) is 39.5 Å². The fourth-order valence-corrected chi connectivity index (χ4v) is 3.38. The number of ether oxygens (including phenoxy) is 1. The lowest BCUT2D eigenvalue weighted by Crippen LogP contribution is -2.54. The van der Waals surface area contributed by atoms with E-state index in [0.717, 1.165) is 32.2 Å². The van der Waals surface area contributed by atoms with Crippen molar-refractivity contribution in [1.29, 1.82) is 0 Å². The molecular formula is C15H29NO2. The molecule has 1 saturated heterocycles. The Labute approximate surface area is 112 Å². The Morgan fingerprint density at radius 2 is 1.94 bits per heavy atom. The molecule has 0 aromatic rings. The lowest BCUT2D eigenvalue weighted by molar-refractivity contribution is -0.149. The minimum atomic E-state index is 0.0455. The molecule has 0 radical (unpaired) electrons. The third kappa shape index (κ3) is 3.69. The SMILES string of the molecule is CCCN(CC1CCCCC1)CC1(CO)COC1. The van der Waals surface area contributed by atoms with E-state index in [9.17, 15) is 5.11 Å². The second-order valence-electron chi connectivity index (χ2n) is 6.39. The van der Waals surface area contributed by atoms with Crippen LogP contribution in [0.15, 0.2) is 0 Å². The average molecular weight is 255 g/mol. The van der Waals surface area contributed by atoms with Gasteiger partial charge < -0.3 is 14.7 Å². The van der Waals surface area contributed by atoms with Crippen LogP contribution in [0.4, 0.5) is 0 Å². The highest BCUT2D eigenvalue weighted by molar-refractivity contribution is 4.88. The van der Waals surface area contributed by atoms with E-state index in [1.807, 2.05) is 0 Å². The molecule has 0 bridgehead atoms. The molecule has 0 aromatic carbocycles. The maximum atomic E-state index is 9.55. The second-order valence-corrected chi connectivity index (χ2v) is 6.39. The molecule has 0 unspecified atom stereocenters. The minimum Gasteiger partial charge on any atom is -0.396 e. The first-order valence-electron chi connectivity index (χ1n) is 7.69. The van der Waals surface area contributed by atoms with E-state index in [0.29, 0.717) is 0 Å². The van der Waals surface area contributed by atoms with Gasteiger partial charge in [-0.25, -0.2) is 0 Å². The summed E-state index contributed by atoms with van der Waals surface area (Å²) in [4.78, 5) is 2.58. The average Bonchev–Trinajstić information content (AvgIpc) is 2.35. The first-order chi connectivity index (χ1) is 8.78. The van der Waals surface area contributed by atoms with Crippen LogP contribution in [0.3, 0.4) is 0 Å². The van der Waals surface area contributed by atoms with Gasteiger partial charge in [0, 0.05) is 13.1 Å². The van der Waals surface area contributed by atoms with Crippen LogP contribution in [0.25, 0.3) is 0 Å². The molecule has 3 nitrogen and oxygen atoms in total. The number of aliphatic hydroxyl groups excluding tert-OH is 1.